The number of likely N-dealkylation sites (N-methyl/N-ethyl adjacent to an activating group) is 1. The third kappa shape index (κ3) is 3.41. The topological polar surface area (TPSA) is 111 Å². The van der Waals surface area contributed by atoms with E-state index in [1.54, 1.807) is 19.2 Å². The third-order valence-electron chi connectivity index (χ3n) is 6.73. The van der Waals surface area contributed by atoms with Crippen LogP contribution >= 0.6 is 0 Å². The lowest BCUT2D eigenvalue weighted by atomic mass is 9.95. The highest BCUT2D eigenvalue weighted by molar-refractivity contribution is 6.22. The van der Waals surface area contributed by atoms with E-state index < -0.39 is 17.7 Å². The Kier molecular flexibility index (Phi) is 5.18. The molecule has 3 aliphatic heterocycles. The molecule has 0 saturated carbocycles. The number of imide groups is 1. The average molecular weight is 489 g/mol. The van der Waals surface area contributed by atoms with Crippen molar-refractivity contribution in [2.24, 2.45) is 0 Å². The summed E-state index contributed by atoms with van der Waals surface area (Å²) >= 11 is 0. The zero-order valence-corrected chi connectivity index (χ0v) is 19.8. The predicted octanol–water partition coefficient (Wildman–Crippen LogP) is 3.05. The molecule has 0 spiro atoms. The van der Waals surface area contributed by atoms with Crippen molar-refractivity contribution in [1.82, 2.24) is 9.80 Å². The molecule has 0 bridgehead atoms. The molecule has 1 N–H and O–H groups in total. The fraction of sp³-hybridized carbons (Fsp3) is 0.269. The molecule has 2 aromatic carbocycles. The fourth-order valence-electron chi connectivity index (χ4n) is 4.96. The Morgan fingerprint density at radius 3 is 2.67 bits per heavy atom. The molecule has 6 rings (SSSR count). The fourth-order valence-corrected chi connectivity index (χ4v) is 4.96. The van der Waals surface area contributed by atoms with Crippen LogP contribution in [0.15, 0.2) is 41.0 Å². The van der Waals surface area contributed by atoms with Gasteiger partial charge in [-0.15, -0.1) is 0 Å². The van der Waals surface area contributed by atoms with Gasteiger partial charge >= 0.3 is 0 Å². The number of carbonyl (C=O) groups excluding carboxylic acids is 3. The van der Waals surface area contributed by atoms with Gasteiger partial charge in [0.15, 0.2) is 11.5 Å². The lowest BCUT2D eigenvalue weighted by Gasteiger charge is -2.29. The number of nitrogens with one attached hydrogen (secondary N) is 1. The molecule has 3 aromatic rings. The number of carbonyl (C=O) groups is 3. The summed E-state index contributed by atoms with van der Waals surface area (Å²) in [6.07, 6.45) is 2.17. The van der Waals surface area contributed by atoms with Crippen LogP contribution in [0.25, 0.3) is 0 Å². The van der Waals surface area contributed by atoms with Gasteiger partial charge in [-0.3, -0.25) is 19.3 Å². The summed E-state index contributed by atoms with van der Waals surface area (Å²) in [5.41, 5.74) is 3.10. The van der Waals surface area contributed by atoms with E-state index in [4.69, 9.17) is 18.6 Å². The number of methoxy groups -OCH3 is 1. The summed E-state index contributed by atoms with van der Waals surface area (Å²) in [6, 6.07) is 7.89. The van der Waals surface area contributed by atoms with Gasteiger partial charge in [0, 0.05) is 24.2 Å². The number of hydrogen-bond donors (Lipinski definition) is 1. The number of nitrogens with zero attached hydrogens (tertiary/aromatic N) is 2. The van der Waals surface area contributed by atoms with Gasteiger partial charge in [-0.25, -0.2) is 0 Å². The number of furan rings is 1. The first-order chi connectivity index (χ1) is 17.5. The summed E-state index contributed by atoms with van der Waals surface area (Å²) in [4.78, 5) is 42.4. The van der Waals surface area contributed by atoms with E-state index >= 15 is 0 Å². The molecule has 0 fully saturated rings. The highest BCUT2D eigenvalue weighted by atomic mass is 16.7. The molecular formula is C26H23N3O7. The van der Waals surface area contributed by atoms with Crippen molar-refractivity contribution >= 4 is 23.4 Å². The monoisotopic (exact) mass is 489 g/mol. The standard InChI is InChI=1S/C26H23N3O7/c1-28-8-7-16-19(12-28)21(33-2)23-22(35-13-36-23)20(16)27-24(30)14-5-6-17-18(10-14)26(32)29(25(17)31)11-15-4-3-9-34-15/h3-6,9-10H,7-8,11-13H2,1-2H3,(H,27,30). The van der Waals surface area contributed by atoms with E-state index in [-0.39, 0.29) is 30.0 Å². The number of amides is 3. The van der Waals surface area contributed by atoms with Gasteiger partial charge in [0.1, 0.15) is 5.76 Å². The SMILES string of the molecule is COc1c2c(c(NC(=O)c3ccc4c(c3)C(=O)N(Cc3ccco3)C4=O)c3c1OCO3)CCN(C)C2. The van der Waals surface area contributed by atoms with Gasteiger partial charge in [0.25, 0.3) is 17.7 Å². The van der Waals surface area contributed by atoms with Crippen molar-refractivity contribution in [1.29, 1.82) is 0 Å². The van der Waals surface area contributed by atoms with Crippen LogP contribution in [-0.2, 0) is 19.5 Å². The maximum atomic E-state index is 13.4. The summed E-state index contributed by atoms with van der Waals surface area (Å²) in [5, 5.41) is 2.97. The first kappa shape index (κ1) is 22.2. The van der Waals surface area contributed by atoms with Gasteiger partial charge in [0.2, 0.25) is 12.5 Å². The zero-order chi connectivity index (χ0) is 25.0. The van der Waals surface area contributed by atoms with Crippen LogP contribution in [0.1, 0.15) is 48.0 Å². The van der Waals surface area contributed by atoms with E-state index in [1.165, 1.54) is 24.5 Å². The first-order valence-corrected chi connectivity index (χ1v) is 11.5. The maximum Gasteiger partial charge on any atom is 0.261 e. The molecule has 0 saturated heterocycles. The minimum atomic E-state index is -0.469. The van der Waals surface area contributed by atoms with E-state index in [0.717, 1.165) is 22.6 Å². The molecule has 3 aliphatic rings. The van der Waals surface area contributed by atoms with Crippen molar-refractivity contribution in [3.05, 3.63) is 70.2 Å². The molecule has 0 atom stereocenters. The van der Waals surface area contributed by atoms with Crippen LogP contribution in [-0.4, -0.2) is 55.0 Å². The largest absolute Gasteiger partial charge is 0.492 e. The molecule has 10 heteroatoms. The Morgan fingerprint density at radius 2 is 1.89 bits per heavy atom. The van der Waals surface area contributed by atoms with Gasteiger partial charge < -0.3 is 28.8 Å². The molecule has 0 aliphatic carbocycles. The second-order valence-corrected chi connectivity index (χ2v) is 8.91. The second-order valence-electron chi connectivity index (χ2n) is 8.91. The van der Waals surface area contributed by atoms with Crippen molar-refractivity contribution in [3.8, 4) is 17.2 Å². The molecule has 0 radical (unpaired) electrons. The lowest BCUT2D eigenvalue weighted by Crippen LogP contribution is -2.28. The molecule has 1 aromatic heterocycles. The number of fused-ring (bicyclic) bond motifs is 3. The Labute approximate surface area is 206 Å². The average Bonchev–Trinajstić information content (AvgIpc) is 3.62. The Hall–Kier alpha value is -4.31. The number of benzene rings is 2. The van der Waals surface area contributed by atoms with Crippen LogP contribution < -0.4 is 19.5 Å². The van der Waals surface area contributed by atoms with Crippen LogP contribution in [0.4, 0.5) is 5.69 Å². The van der Waals surface area contributed by atoms with E-state index in [9.17, 15) is 14.4 Å². The Balaban J connectivity index is 1.32. The van der Waals surface area contributed by atoms with Crippen LogP contribution in [0.2, 0.25) is 0 Å². The number of anilines is 1. The molecule has 184 valence electrons. The molecular weight excluding hydrogens is 466 g/mol. The highest BCUT2D eigenvalue weighted by Crippen LogP contribution is 2.52. The number of ether oxygens (including phenoxy) is 3. The normalized spacial score (nSPS) is 16.2. The minimum absolute atomic E-state index is 0.0221. The van der Waals surface area contributed by atoms with Gasteiger partial charge in [0.05, 0.1) is 36.7 Å². The Morgan fingerprint density at radius 1 is 1.08 bits per heavy atom. The van der Waals surface area contributed by atoms with Crippen molar-refractivity contribution in [2.75, 3.05) is 32.8 Å². The van der Waals surface area contributed by atoms with Gasteiger partial charge in [-0.2, -0.15) is 0 Å². The summed E-state index contributed by atoms with van der Waals surface area (Å²) < 4.78 is 22.3. The number of rotatable bonds is 5. The minimum Gasteiger partial charge on any atom is -0.492 e. The van der Waals surface area contributed by atoms with Crippen molar-refractivity contribution < 1.29 is 33.0 Å². The second kappa shape index (κ2) is 8.42. The molecule has 36 heavy (non-hydrogen) atoms. The molecule has 3 amide bonds. The maximum absolute atomic E-state index is 13.4. The van der Waals surface area contributed by atoms with Crippen LogP contribution in [0.3, 0.4) is 0 Å². The lowest BCUT2D eigenvalue weighted by molar-refractivity contribution is 0.0631. The van der Waals surface area contributed by atoms with Gasteiger partial charge in [-0.05, 0) is 49.4 Å². The molecule has 0 unspecified atom stereocenters. The van der Waals surface area contributed by atoms with Crippen molar-refractivity contribution in [3.63, 3.8) is 0 Å². The smallest absolute Gasteiger partial charge is 0.261 e. The third-order valence-corrected chi connectivity index (χ3v) is 6.73. The predicted molar refractivity (Wildman–Crippen MR) is 126 cm³/mol. The highest BCUT2D eigenvalue weighted by Gasteiger charge is 2.37. The Bertz CT molecular complexity index is 1410. The van der Waals surface area contributed by atoms with Gasteiger partial charge in [-0.1, -0.05) is 0 Å². The van der Waals surface area contributed by atoms with Crippen LogP contribution in [0, 0.1) is 0 Å². The quantitative estimate of drug-likeness (QED) is 0.545. The number of hydrogen-bond acceptors (Lipinski definition) is 8. The zero-order valence-electron chi connectivity index (χ0n) is 19.8. The summed E-state index contributed by atoms with van der Waals surface area (Å²) in [6.45, 7) is 1.49. The van der Waals surface area contributed by atoms with E-state index in [1.807, 2.05) is 7.05 Å². The molecule has 4 heterocycles. The first-order valence-electron chi connectivity index (χ1n) is 11.5. The molecule has 10 nitrogen and oxygen atoms in total. The van der Waals surface area contributed by atoms with Crippen molar-refractivity contribution in [2.45, 2.75) is 19.5 Å². The van der Waals surface area contributed by atoms with E-state index in [0.29, 0.717) is 41.7 Å². The van der Waals surface area contributed by atoms with Crippen LogP contribution in [0.5, 0.6) is 17.2 Å². The summed E-state index contributed by atoms with van der Waals surface area (Å²) in [5.74, 6) is 0.685. The van der Waals surface area contributed by atoms with E-state index in [2.05, 4.69) is 10.2 Å². The summed E-state index contributed by atoms with van der Waals surface area (Å²) in [7, 11) is 3.60.